The summed E-state index contributed by atoms with van der Waals surface area (Å²) in [5.74, 6) is -0.210. The highest BCUT2D eigenvalue weighted by atomic mass is 32.2. The number of nitrogens with zero attached hydrogens (tertiary/aromatic N) is 1. The van der Waals surface area contributed by atoms with Crippen LogP contribution in [0.25, 0.3) is 0 Å². The second kappa shape index (κ2) is 8.41. The zero-order chi connectivity index (χ0) is 16.8. The van der Waals surface area contributed by atoms with Gasteiger partial charge in [-0.05, 0) is 25.3 Å². The third-order valence-electron chi connectivity index (χ3n) is 3.55. The topological polar surface area (TPSA) is 67.5 Å². The summed E-state index contributed by atoms with van der Waals surface area (Å²) in [7, 11) is -1.91. The number of ether oxygens (including phenoxy) is 1. The largest absolute Gasteiger partial charge is 0.377 e. The average molecular weight is 328 g/mol. The summed E-state index contributed by atoms with van der Waals surface area (Å²) in [5, 5.41) is 0. The number of pyridine rings is 1. The van der Waals surface area contributed by atoms with E-state index in [0.717, 1.165) is 23.3 Å². The first-order valence-corrected chi connectivity index (χ1v) is 8.96. The summed E-state index contributed by atoms with van der Waals surface area (Å²) in [5.41, 5.74) is 4.42. The van der Waals surface area contributed by atoms with E-state index < -0.39 is 10.1 Å². The smallest absolute Gasteiger partial charge is 0.264 e. The first kappa shape index (κ1) is 18.8. The van der Waals surface area contributed by atoms with E-state index in [4.69, 9.17) is 9.29 Å². The van der Waals surface area contributed by atoms with Gasteiger partial charge in [0.25, 0.3) is 10.1 Å². The highest BCUT2D eigenvalue weighted by Crippen LogP contribution is 2.14. The maximum absolute atomic E-state index is 10.8. The summed E-state index contributed by atoms with van der Waals surface area (Å²) in [6.45, 7) is 8.92. The predicted octanol–water partition coefficient (Wildman–Crippen LogP) is 1.78. The Labute approximate surface area is 133 Å². The van der Waals surface area contributed by atoms with Gasteiger partial charge < -0.3 is 4.74 Å². The molecule has 0 bridgehead atoms. The Morgan fingerprint density at radius 1 is 1.41 bits per heavy atom. The van der Waals surface area contributed by atoms with Gasteiger partial charge in [-0.2, -0.15) is 8.42 Å². The fourth-order valence-corrected chi connectivity index (χ4v) is 2.81. The van der Waals surface area contributed by atoms with Crippen molar-refractivity contribution in [3.8, 4) is 0 Å². The van der Waals surface area contributed by atoms with E-state index in [1.807, 2.05) is 37.7 Å². The first-order valence-electron chi connectivity index (χ1n) is 7.35. The maximum atomic E-state index is 10.8. The summed E-state index contributed by atoms with van der Waals surface area (Å²) < 4.78 is 38.1. The minimum absolute atomic E-state index is 0.210. The quantitative estimate of drug-likeness (QED) is 0.325. The van der Waals surface area contributed by atoms with Crippen molar-refractivity contribution in [2.45, 2.75) is 33.1 Å². The van der Waals surface area contributed by atoms with E-state index >= 15 is 0 Å². The lowest BCUT2D eigenvalue weighted by Crippen LogP contribution is -2.33. The zero-order valence-corrected chi connectivity index (χ0v) is 14.4. The second-order valence-corrected chi connectivity index (χ2v) is 7.24. The van der Waals surface area contributed by atoms with Gasteiger partial charge in [0.2, 0.25) is 0 Å². The molecule has 1 aromatic heterocycles. The Bertz CT molecular complexity index is 623. The minimum atomic E-state index is -3.90. The molecule has 0 radical (unpaired) electrons. The van der Waals surface area contributed by atoms with E-state index in [1.54, 1.807) is 0 Å². The Kier molecular flexibility index (Phi) is 7.19. The van der Waals surface area contributed by atoms with Gasteiger partial charge in [-0.3, -0.25) is 4.55 Å². The molecule has 0 aliphatic rings. The van der Waals surface area contributed by atoms with E-state index in [9.17, 15) is 8.42 Å². The zero-order valence-electron chi connectivity index (χ0n) is 13.6. The lowest BCUT2D eigenvalue weighted by atomic mass is 10.00. The van der Waals surface area contributed by atoms with Crippen LogP contribution < -0.4 is 4.57 Å². The molecule has 0 saturated carbocycles. The van der Waals surface area contributed by atoms with Crippen molar-refractivity contribution >= 4 is 10.1 Å². The Morgan fingerprint density at radius 3 is 2.68 bits per heavy atom. The number of aryl methyl sites for hydroxylation is 2. The molecule has 1 aromatic rings. The van der Waals surface area contributed by atoms with Crippen LogP contribution in [0, 0.1) is 6.92 Å². The van der Waals surface area contributed by atoms with E-state index in [2.05, 4.69) is 6.58 Å². The Hall–Kier alpha value is -1.24. The molecule has 6 heteroatoms. The van der Waals surface area contributed by atoms with Crippen LogP contribution in [0.5, 0.6) is 0 Å². The SMILES string of the molecule is C=C(C)COCCc1c(CCCS(=O)(=O)O)cc[n+](C)c1C. The molecule has 1 rings (SSSR count). The van der Waals surface area contributed by atoms with Crippen LogP contribution >= 0.6 is 0 Å². The standard InChI is InChI=1S/C16H25NO4S/c1-13(2)12-21-10-8-16-14(3)17(4)9-7-15(16)6-5-11-22(18,19)20/h7,9H,1,5-6,8,10-12H2,2-4H3/p+1. The molecule has 0 fully saturated rings. The molecule has 0 saturated heterocycles. The van der Waals surface area contributed by atoms with Gasteiger partial charge in [-0.25, -0.2) is 4.57 Å². The van der Waals surface area contributed by atoms with Crippen molar-refractivity contribution in [3.63, 3.8) is 0 Å². The molecule has 124 valence electrons. The third-order valence-corrected chi connectivity index (χ3v) is 4.35. The van der Waals surface area contributed by atoms with Gasteiger partial charge in [0.05, 0.1) is 19.0 Å². The van der Waals surface area contributed by atoms with Crippen LogP contribution in [0.3, 0.4) is 0 Å². The van der Waals surface area contributed by atoms with Gasteiger partial charge in [0, 0.05) is 25.0 Å². The molecule has 0 aromatic carbocycles. The molecule has 5 nitrogen and oxygen atoms in total. The number of rotatable bonds is 9. The fraction of sp³-hybridized carbons (Fsp3) is 0.562. The molecule has 1 N–H and O–H groups in total. The molecule has 0 amide bonds. The van der Waals surface area contributed by atoms with Crippen LogP contribution in [0.4, 0.5) is 0 Å². The second-order valence-electron chi connectivity index (χ2n) is 5.67. The highest BCUT2D eigenvalue weighted by Gasteiger charge is 2.14. The summed E-state index contributed by atoms with van der Waals surface area (Å²) in [4.78, 5) is 0. The van der Waals surface area contributed by atoms with E-state index in [0.29, 0.717) is 26.1 Å². The highest BCUT2D eigenvalue weighted by molar-refractivity contribution is 7.85. The normalized spacial score (nSPS) is 11.6. The molecule has 1 heterocycles. The monoisotopic (exact) mass is 328 g/mol. The summed E-state index contributed by atoms with van der Waals surface area (Å²) >= 11 is 0. The molecule has 0 aliphatic carbocycles. The van der Waals surface area contributed by atoms with E-state index in [-0.39, 0.29) is 5.75 Å². The van der Waals surface area contributed by atoms with Crippen LogP contribution in [0.1, 0.15) is 30.2 Å². The Morgan fingerprint density at radius 2 is 2.09 bits per heavy atom. The molecule has 0 atom stereocenters. The van der Waals surface area contributed by atoms with E-state index in [1.165, 1.54) is 5.56 Å². The number of hydrogen-bond donors (Lipinski definition) is 1. The lowest BCUT2D eigenvalue weighted by molar-refractivity contribution is -0.678. The van der Waals surface area contributed by atoms with Crippen molar-refractivity contribution in [1.29, 1.82) is 0 Å². The molecule has 0 spiro atoms. The molecule has 0 aliphatic heterocycles. The summed E-state index contributed by atoms with van der Waals surface area (Å²) in [6, 6.07) is 2.01. The van der Waals surface area contributed by atoms with Crippen LogP contribution in [-0.4, -0.2) is 31.9 Å². The van der Waals surface area contributed by atoms with Crippen LogP contribution in [0.15, 0.2) is 24.4 Å². The van der Waals surface area contributed by atoms with Crippen molar-refractivity contribution < 1.29 is 22.3 Å². The summed E-state index contributed by atoms with van der Waals surface area (Å²) in [6.07, 6.45) is 3.77. The number of hydrogen-bond acceptors (Lipinski definition) is 3. The Balaban J connectivity index is 2.74. The molecule has 22 heavy (non-hydrogen) atoms. The van der Waals surface area contributed by atoms with Gasteiger partial charge in [0.1, 0.15) is 7.05 Å². The van der Waals surface area contributed by atoms with Crippen molar-refractivity contribution in [2.75, 3.05) is 19.0 Å². The van der Waals surface area contributed by atoms with Crippen molar-refractivity contribution in [3.05, 3.63) is 41.2 Å². The van der Waals surface area contributed by atoms with Crippen LogP contribution in [-0.2, 0) is 34.7 Å². The molecular weight excluding hydrogens is 302 g/mol. The minimum Gasteiger partial charge on any atom is -0.377 e. The maximum Gasteiger partial charge on any atom is 0.264 e. The molecular formula is C16H26NO4S+. The van der Waals surface area contributed by atoms with Crippen molar-refractivity contribution in [2.24, 2.45) is 7.05 Å². The lowest BCUT2D eigenvalue weighted by Gasteiger charge is -2.11. The predicted molar refractivity (Wildman–Crippen MR) is 86.4 cm³/mol. The first-order chi connectivity index (χ1) is 10.2. The van der Waals surface area contributed by atoms with Gasteiger partial charge in [-0.1, -0.05) is 12.2 Å². The van der Waals surface area contributed by atoms with Gasteiger partial charge >= 0.3 is 0 Å². The molecule has 0 unspecified atom stereocenters. The van der Waals surface area contributed by atoms with Gasteiger partial charge in [0.15, 0.2) is 11.9 Å². The van der Waals surface area contributed by atoms with Crippen molar-refractivity contribution in [1.82, 2.24) is 0 Å². The van der Waals surface area contributed by atoms with Crippen LogP contribution in [0.2, 0.25) is 0 Å². The third kappa shape index (κ3) is 6.68. The average Bonchev–Trinajstić information content (AvgIpc) is 2.39. The fourth-order valence-electron chi connectivity index (χ4n) is 2.30. The van der Waals surface area contributed by atoms with Gasteiger partial charge in [-0.15, -0.1) is 0 Å². The number of aromatic nitrogens is 1.